The van der Waals surface area contributed by atoms with Crippen LogP contribution in [0.1, 0.15) is 39.4 Å². The fourth-order valence-corrected chi connectivity index (χ4v) is 6.53. The van der Waals surface area contributed by atoms with E-state index in [1.54, 1.807) is 39.8 Å². The molecule has 4 rings (SSSR count). The number of imidazole rings is 2. The van der Waals surface area contributed by atoms with Gasteiger partial charge in [-0.05, 0) is 45.9 Å². The summed E-state index contributed by atoms with van der Waals surface area (Å²) in [6.45, 7) is 14.7. The Kier molecular flexibility index (Phi) is 9.29. The van der Waals surface area contributed by atoms with Crippen LogP contribution in [0, 0.1) is 0 Å². The first-order chi connectivity index (χ1) is 19.8. The van der Waals surface area contributed by atoms with Crippen LogP contribution in [0.4, 0.5) is 5.95 Å². The van der Waals surface area contributed by atoms with Crippen molar-refractivity contribution in [1.82, 2.24) is 18.5 Å². The number of nitrogens with two attached hydrogens (primary N) is 1. The van der Waals surface area contributed by atoms with Gasteiger partial charge in [0.05, 0.1) is 34.3 Å². The first-order valence-corrected chi connectivity index (χ1v) is 19.4. The zero-order valence-corrected chi connectivity index (χ0v) is 27.2. The van der Waals surface area contributed by atoms with Crippen molar-refractivity contribution in [1.29, 1.82) is 0 Å². The van der Waals surface area contributed by atoms with Crippen molar-refractivity contribution < 1.29 is 22.7 Å². The molecule has 2 N–H and O–H groups in total. The zero-order chi connectivity index (χ0) is 30.8. The Bertz CT molecular complexity index is 1670. The average molecular weight is 612 g/mol. The lowest BCUT2D eigenvalue weighted by Crippen LogP contribution is -2.23. The lowest BCUT2D eigenvalue weighted by Gasteiger charge is -2.19. The number of benzene rings is 2. The number of nitrogen functional groups attached to an aromatic ring is 1. The van der Waals surface area contributed by atoms with E-state index in [1.165, 1.54) is 0 Å². The standard InChI is InChI=1S/C30H41N5O5SSi/c1-8-40-29(36)21(4)28-33-26(23-14-15-24-25(18-23)35(30(31)32-24)41(37,38)20(2)3)27(22-12-10-9-11-13-22)34(28)19-39-16-17-42(5,6)7/h9-15,18,20-21H,8,16-17,19H2,1-7H3,(H2,31,32). The van der Waals surface area contributed by atoms with Gasteiger partial charge in [-0.15, -0.1) is 0 Å². The third kappa shape index (κ3) is 6.45. The highest BCUT2D eigenvalue weighted by Gasteiger charge is 2.29. The minimum absolute atomic E-state index is 0.0999. The van der Waals surface area contributed by atoms with Gasteiger partial charge in [0.1, 0.15) is 18.5 Å². The second-order valence-corrected chi connectivity index (χ2v) is 19.8. The number of anilines is 1. The largest absolute Gasteiger partial charge is 0.465 e. The Morgan fingerprint density at radius 3 is 2.33 bits per heavy atom. The third-order valence-electron chi connectivity index (χ3n) is 7.05. The maximum atomic E-state index is 13.2. The van der Waals surface area contributed by atoms with E-state index < -0.39 is 29.3 Å². The molecule has 0 amide bonds. The summed E-state index contributed by atoms with van der Waals surface area (Å²) in [6, 6.07) is 16.1. The Balaban J connectivity index is 1.95. The molecule has 0 fully saturated rings. The summed E-state index contributed by atoms with van der Waals surface area (Å²) in [4.78, 5) is 22.3. The van der Waals surface area contributed by atoms with Crippen LogP contribution < -0.4 is 5.73 Å². The summed E-state index contributed by atoms with van der Waals surface area (Å²) >= 11 is 0. The van der Waals surface area contributed by atoms with Gasteiger partial charge in [0.2, 0.25) is 16.0 Å². The highest BCUT2D eigenvalue weighted by Crippen LogP contribution is 2.37. The topological polar surface area (TPSA) is 131 Å². The number of aromatic nitrogens is 4. The lowest BCUT2D eigenvalue weighted by atomic mass is 10.0. The van der Waals surface area contributed by atoms with Crippen molar-refractivity contribution in [3.63, 3.8) is 0 Å². The number of fused-ring (bicyclic) bond motifs is 1. The first-order valence-electron chi connectivity index (χ1n) is 14.2. The molecule has 0 aliphatic carbocycles. The van der Waals surface area contributed by atoms with E-state index >= 15 is 0 Å². The van der Waals surface area contributed by atoms with E-state index in [0.29, 0.717) is 34.7 Å². The summed E-state index contributed by atoms with van der Waals surface area (Å²) in [6.07, 6.45) is 0. The molecular weight excluding hydrogens is 571 g/mol. The van der Waals surface area contributed by atoms with E-state index in [4.69, 9.17) is 20.2 Å². The summed E-state index contributed by atoms with van der Waals surface area (Å²) < 4.78 is 41.0. The van der Waals surface area contributed by atoms with Crippen LogP contribution in [0.25, 0.3) is 33.5 Å². The number of carbonyl (C=O) groups is 1. The van der Waals surface area contributed by atoms with Gasteiger partial charge in [-0.25, -0.2) is 22.4 Å². The smallest absolute Gasteiger partial charge is 0.316 e. The predicted octanol–water partition coefficient (Wildman–Crippen LogP) is 5.71. The molecule has 2 aromatic heterocycles. The second kappa shape index (κ2) is 12.4. The lowest BCUT2D eigenvalue weighted by molar-refractivity contribution is -0.144. The van der Waals surface area contributed by atoms with Crippen LogP contribution in [0.5, 0.6) is 0 Å². The summed E-state index contributed by atoms with van der Waals surface area (Å²) in [7, 11) is -5.12. The summed E-state index contributed by atoms with van der Waals surface area (Å²) in [5, 5.41) is -0.703. The molecule has 12 heteroatoms. The summed E-state index contributed by atoms with van der Waals surface area (Å²) in [5.41, 5.74) is 9.77. The van der Waals surface area contributed by atoms with E-state index in [1.807, 2.05) is 41.0 Å². The highest BCUT2D eigenvalue weighted by molar-refractivity contribution is 7.90. The van der Waals surface area contributed by atoms with E-state index in [2.05, 4.69) is 24.6 Å². The van der Waals surface area contributed by atoms with Gasteiger partial charge in [-0.2, -0.15) is 0 Å². The van der Waals surface area contributed by atoms with Crippen molar-refractivity contribution in [2.75, 3.05) is 18.9 Å². The monoisotopic (exact) mass is 611 g/mol. The molecule has 1 unspecified atom stereocenters. The number of carbonyl (C=O) groups excluding carboxylic acids is 1. The molecule has 2 heterocycles. The Morgan fingerprint density at radius 2 is 1.71 bits per heavy atom. The maximum absolute atomic E-state index is 13.2. The molecule has 0 radical (unpaired) electrons. The third-order valence-corrected chi connectivity index (χ3v) is 10.8. The molecular formula is C30H41N5O5SSi. The average Bonchev–Trinajstić information content (AvgIpc) is 3.47. The van der Waals surface area contributed by atoms with Gasteiger partial charge < -0.3 is 19.8 Å². The molecule has 0 spiro atoms. The quantitative estimate of drug-likeness (QED) is 0.122. The van der Waals surface area contributed by atoms with E-state index in [0.717, 1.165) is 21.3 Å². The molecule has 42 heavy (non-hydrogen) atoms. The number of nitrogens with zero attached hydrogens (tertiary/aromatic N) is 4. The van der Waals surface area contributed by atoms with Gasteiger partial charge in [-0.1, -0.05) is 56.0 Å². The minimum atomic E-state index is -3.79. The zero-order valence-electron chi connectivity index (χ0n) is 25.4. The highest BCUT2D eigenvalue weighted by atomic mass is 32.2. The molecule has 0 aliphatic rings. The van der Waals surface area contributed by atoms with Crippen LogP contribution in [-0.4, -0.2) is 59.4 Å². The van der Waals surface area contributed by atoms with Crippen LogP contribution >= 0.6 is 0 Å². The Morgan fingerprint density at radius 1 is 1.02 bits per heavy atom. The molecule has 2 aromatic carbocycles. The number of ether oxygens (including phenoxy) is 2. The second-order valence-electron chi connectivity index (χ2n) is 11.8. The fraction of sp³-hybridized carbons (Fsp3) is 0.433. The van der Waals surface area contributed by atoms with Crippen molar-refractivity contribution in [3.05, 3.63) is 54.4 Å². The molecule has 0 bridgehead atoms. The van der Waals surface area contributed by atoms with Crippen molar-refractivity contribution in [3.8, 4) is 22.5 Å². The maximum Gasteiger partial charge on any atom is 0.316 e. The van der Waals surface area contributed by atoms with Crippen molar-refractivity contribution in [2.24, 2.45) is 0 Å². The molecule has 1 atom stereocenters. The van der Waals surface area contributed by atoms with Crippen LogP contribution in [0.2, 0.25) is 25.7 Å². The predicted molar refractivity (Wildman–Crippen MR) is 169 cm³/mol. The van der Waals surface area contributed by atoms with E-state index in [-0.39, 0.29) is 25.3 Å². The minimum Gasteiger partial charge on any atom is -0.465 e. The van der Waals surface area contributed by atoms with Gasteiger partial charge in [0.15, 0.2) is 0 Å². The van der Waals surface area contributed by atoms with E-state index in [9.17, 15) is 13.2 Å². The molecule has 0 aliphatic heterocycles. The Hall–Kier alpha value is -3.48. The number of hydrogen-bond acceptors (Lipinski definition) is 8. The van der Waals surface area contributed by atoms with Gasteiger partial charge >= 0.3 is 5.97 Å². The van der Waals surface area contributed by atoms with Crippen molar-refractivity contribution >= 4 is 41.0 Å². The van der Waals surface area contributed by atoms with Gasteiger partial charge in [0.25, 0.3) is 0 Å². The fourth-order valence-electron chi connectivity index (χ4n) is 4.63. The molecule has 10 nitrogen and oxygen atoms in total. The first kappa shape index (κ1) is 31.5. The van der Waals surface area contributed by atoms with Crippen LogP contribution in [0.3, 0.4) is 0 Å². The Labute approximate surface area is 248 Å². The van der Waals surface area contributed by atoms with Gasteiger partial charge in [0, 0.05) is 25.8 Å². The molecule has 226 valence electrons. The molecule has 0 saturated carbocycles. The summed E-state index contributed by atoms with van der Waals surface area (Å²) in [5.74, 6) is -0.662. The van der Waals surface area contributed by atoms with Crippen LogP contribution in [-0.2, 0) is 31.0 Å². The number of esters is 1. The van der Waals surface area contributed by atoms with Crippen molar-refractivity contribution in [2.45, 2.75) is 71.3 Å². The SMILES string of the molecule is CCOC(=O)C(C)c1nc(-c2ccc3nc(N)n(S(=O)(=O)C(C)C)c3c2)c(-c2ccccc2)n1COCC[Si](C)(C)C. The van der Waals surface area contributed by atoms with Crippen LogP contribution in [0.15, 0.2) is 48.5 Å². The number of rotatable bonds is 12. The number of hydrogen-bond donors (Lipinski definition) is 1. The molecule has 0 saturated heterocycles. The molecule has 4 aromatic rings. The van der Waals surface area contributed by atoms with Gasteiger partial charge in [-0.3, -0.25) is 4.79 Å². The normalized spacial score (nSPS) is 13.1.